The Morgan fingerprint density at radius 3 is 2.31 bits per heavy atom. The number of rotatable bonds is 3. The molecule has 0 aliphatic rings. The fraction of sp³-hybridized carbons (Fsp3) is 0.467. The second kappa shape index (κ2) is 5.72. The first-order valence-electron chi connectivity index (χ1n) is 5.92. The summed E-state index contributed by atoms with van der Waals surface area (Å²) in [7, 11) is 0. The van der Waals surface area contributed by atoms with Crippen molar-refractivity contribution in [1.29, 1.82) is 0 Å². The fourth-order valence-electron chi connectivity index (χ4n) is 1.37. The minimum Gasteiger partial charge on any atom is -0.316 e. The molecule has 0 fully saturated rings. The number of hydrogen-bond donors (Lipinski definition) is 1. The zero-order valence-corrected chi connectivity index (χ0v) is 10.5. The van der Waals surface area contributed by atoms with E-state index in [1.807, 2.05) is 13.8 Å². The predicted molar refractivity (Wildman–Crippen MR) is 70.2 cm³/mol. The first-order chi connectivity index (χ1) is 7.51. The molecule has 1 nitrogen and oxygen atoms in total. The summed E-state index contributed by atoms with van der Waals surface area (Å²) in [6.45, 7) is 6.04. The zero-order valence-electron chi connectivity index (χ0n) is 10.5. The van der Waals surface area contributed by atoms with Gasteiger partial charge in [0.2, 0.25) is 0 Å². The first-order valence-corrected chi connectivity index (χ1v) is 5.92. The molecule has 0 spiro atoms. The summed E-state index contributed by atoms with van der Waals surface area (Å²) in [5.74, 6) is 6.12. The number of nitrogens with two attached hydrogens (primary N) is 1. The van der Waals surface area contributed by atoms with Gasteiger partial charge in [-0.2, -0.15) is 0 Å². The van der Waals surface area contributed by atoms with Crippen LogP contribution in [0.3, 0.4) is 0 Å². The van der Waals surface area contributed by atoms with Gasteiger partial charge in [-0.15, -0.1) is 0 Å². The van der Waals surface area contributed by atoms with Crippen LogP contribution < -0.4 is 5.73 Å². The third-order valence-electron chi connectivity index (χ3n) is 2.30. The van der Waals surface area contributed by atoms with E-state index in [4.69, 9.17) is 5.73 Å². The molecule has 1 heteroatoms. The number of aryl methyl sites for hydroxylation is 1. The second-order valence-corrected chi connectivity index (χ2v) is 4.77. The van der Waals surface area contributed by atoms with E-state index in [1.54, 1.807) is 0 Å². The van der Waals surface area contributed by atoms with Gasteiger partial charge in [-0.1, -0.05) is 37.3 Å². The Labute approximate surface area is 99.1 Å². The maximum Gasteiger partial charge on any atom is 0.0722 e. The molecule has 16 heavy (non-hydrogen) atoms. The molecule has 1 rings (SSSR count). The molecule has 0 saturated carbocycles. The lowest BCUT2D eigenvalue weighted by Crippen LogP contribution is -2.29. The summed E-state index contributed by atoms with van der Waals surface area (Å²) in [4.78, 5) is 0. The summed E-state index contributed by atoms with van der Waals surface area (Å²) in [6, 6.07) is 8.46. The van der Waals surface area contributed by atoms with E-state index in [9.17, 15) is 0 Å². The van der Waals surface area contributed by atoms with Crippen molar-refractivity contribution in [3.8, 4) is 11.8 Å². The first kappa shape index (κ1) is 12.8. The van der Waals surface area contributed by atoms with Crippen molar-refractivity contribution in [3.05, 3.63) is 35.4 Å². The molecule has 0 bridgehead atoms. The molecule has 0 atom stereocenters. The highest BCUT2D eigenvalue weighted by Gasteiger charge is 2.03. The molecular formula is C15H21N. The zero-order chi connectivity index (χ0) is 12.0. The Kier molecular flexibility index (Phi) is 4.58. The van der Waals surface area contributed by atoms with E-state index in [1.165, 1.54) is 18.4 Å². The normalized spacial score (nSPS) is 10.8. The minimum atomic E-state index is -0.416. The van der Waals surface area contributed by atoms with Crippen molar-refractivity contribution in [2.24, 2.45) is 5.73 Å². The van der Waals surface area contributed by atoms with Crippen molar-refractivity contribution in [3.63, 3.8) is 0 Å². The number of unbranched alkanes of at least 4 members (excludes halogenated alkanes) is 1. The van der Waals surface area contributed by atoms with Gasteiger partial charge in [0.05, 0.1) is 5.54 Å². The Morgan fingerprint density at radius 1 is 1.19 bits per heavy atom. The van der Waals surface area contributed by atoms with Crippen LogP contribution in [0.5, 0.6) is 0 Å². The van der Waals surface area contributed by atoms with Gasteiger partial charge in [-0.3, -0.25) is 0 Å². The van der Waals surface area contributed by atoms with E-state index < -0.39 is 5.54 Å². The van der Waals surface area contributed by atoms with Crippen molar-refractivity contribution in [1.82, 2.24) is 0 Å². The van der Waals surface area contributed by atoms with Gasteiger partial charge in [0.15, 0.2) is 0 Å². The molecule has 0 radical (unpaired) electrons. The molecular weight excluding hydrogens is 194 g/mol. The van der Waals surface area contributed by atoms with Crippen LogP contribution >= 0.6 is 0 Å². The van der Waals surface area contributed by atoms with Gasteiger partial charge in [-0.25, -0.2) is 0 Å². The van der Waals surface area contributed by atoms with E-state index in [-0.39, 0.29) is 0 Å². The van der Waals surface area contributed by atoms with Crippen molar-refractivity contribution in [2.75, 3.05) is 0 Å². The topological polar surface area (TPSA) is 26.0 Å². The monoisotopic (exact) mass is 215 g/mol. The maximum absolute atomic E-state index is 5.81. The molecule has 0 unspecified atom stereocenters. The summed E-state index contributed by atoms with van der Waals surface area (Å²) in [5, 5.41) is 0. The van der Waals surface area contributed by atoms with Crippen LogP contribution in [0.25, 0.3) is 0 Å². The highest BCUT2D eigenvalue weighted by Crippen LogP contribution is 2.07. The van der Waals surface area contributed by atoms with Crippen LogP contribution in [0.1, 0.15) is 44.7 Å². The van der Waals surface area contributed by atoms with Gasteiger partial charge < -0.3 is 5.73 Å². The van der Waals surface area contributed by atoms with Gasteiger partial charge in [0, 0.05) is 5.56 Å². The average molecular weight is 215 g/mol. The number of benzene rings is 1. The third kappa shape index (κ3) is 5.00. The van der Waals surface area contributed by atoms with Gasteiger partial charge in [0.1, 0.15) is 0 Å². The highest BCUT2D eigenvalue weighted by molar-refractivity contribution is 5.37. The summed E-state index contributed by atoms with van der Waals surface area (Å²) in [5.41, 5.74) is 7.82. The van der Waals surface area contributed by atoms with E-state index in [0.29, 0.717) is 0 Å². The highest BCUT2D eigenvalue weighted by atomic mass is 14.7. The van der Waals surface area contributed by atoms with Crippen LogP contribution in [0.4, 0.5) is 0 Å². The molecule has 0 aliphatic heterocycles. The van der Waals surface area contributed by atoms with Crippen LogP contribution in [0.15, 0.2) is 24.3 Å². The maximum atomic E-state index is 5.81. The van der Waals surface area contributed by atoms with Crippen molar-refractivity contribution < 1.29 is 0 Å². The van der Waals surface area contributed by atoms with E-state index >= 15 is 0 Å². The van der Waals surface area contributed by atoms with E-state index in [0.717, 1.165) is 12.0 Å². The van der Waals surface area contributed by atoms with Crippen molar-refractivity contribution >= 4 is 0 Å². The lowest BCUT2D eigenvalue weighted by atomic mass is 10.0. The molecule has 2 N–H and O–H groups in total. The Bertz CT molecular complexity index is 371. The van der Waals surface area contributed by atoms with Gasteiger partial charge in [-0.05, 0) is 44.4 Å². The molecule has 1 aromatic rings. The van der Waals surface area contributed by atoms with Crippen LogP contribution in [0, 0.1) is 11.8 Å². The SMILES string of the molecule is CCCCc1ccc(C#CC(C)(C)N)cc1. The molecule has 0 aromatic heterocycles. The van der Waals surface area contributed by atoms with Gasteiger partial charge in [0.25, 0.3) is 0 Å². The Morgan fingerprint density at radius 2 is 1.81 bits per heavy atom. The Balaban J connectivity index is 2.67. The average Bonchev–Trinajstić information content (AvgIpc) is 2.24. The molecule has 0 aliphatic carbocycles. The van der Waals surface area contributed by atoms with Gasteiger partial charge >= 0.3 is 0 Å². The summed E-state index contributed by atoms with van der Waals surface area (Å²) in [6.07, 6.45) is 3.65. The lowest BCUT2D eigenvalue weighted by Gasteiger charge is -2.07. The van der Waals surface area contributed by atoms with Crippen LogP contribution in [0.2, 0.25) is 0 Å². The van der Waals surface area contributed by atoms with Crippen LogP contribution in [-0.4, -0.2) is 5.54 Å². The molecule has 0 heterocycles. The quantitative estimate of drug-likeness (QED) is 0.770. The van der Waals surface area contributed by atoms with Crippen molar-refractivity contribution in [2.45, 2.75) is 45.6 Å². The molecule has 0 saturated heterocycles. The molecule has 1 aromatic carbocycles. The standard InChI is InChI=1S/C15H21N/c1-4-5-6-13-7-9-14(10-8-13)11-12-15(2,3)16/h7-10H,4-6,16H2,1-3H3. The second-order valence-electron chi connectivity index (χ2n) is 4.77. The fourth-order valence-corrected chi connectivity index (χ4v) is 1.37. The molecule has 0 amide bonds. The minimum absolute atomic E-state index is 0.416. The lowest BCUT2D eigenvalue weighted by molar-refractivity contribution is 0.680. The summed E-state index contributed by atoms with van der Waals surface area (Å²) >= 11 is 0. The Hall–Kier alpha value is -1.26. The van der Waals surface area contributed by atoms with E-state index in [2.05, 4.69) is 43.0 Å². The number of hydrogen-bond acceptors (Lipinski definition) is 1. The third-order valence-corrected chi connectivity index (χ3v) is 2.30. The van der Waals surface area contributed by atoms with Crippen LogP contribution in [-0.2, 0) is 6.42 Å². The summed E-state index contributed by atoms with van der Waals surface area (Å²) < 4.78 is 0. The largest absolute Gasteiger partial charge is 0.316 e. The predicted octanol–water partition coefficient (Wildman–Crippen LogP) is 3.12. The molecule has 86 valence electrons. The smallest absolute Gasteiger partial charge is 0.0722 e.